The molecule has 8 nitrogen and oxygen atoms in total. The van der Waals surface area contributed by atoms with E-state index in [9.17, 15) is 14.3 Å². The van der Waals surface area contributed by atoms with Crippen LogP contribution in [-0.2, 0) is 25.2 Å². The zero-order chi connectivity index (χ0) is 19.9. The Morgan fingerprint density at radius 1 is 1.37 bits per heavy atom. The Bertz CT molecular complexity index is 655. The van der Waals surface area contributed by atoms with Gasteiger partial charge in [0.25, 0.3) is 7.37 Å². The lowest BCUT2D eigenvalue weighted by molar-refractivity contribution is -0.0884. The summed E-state index contributed by atoms with van der Waals surface area (Å²) in [6, 6.07) is 5.67. The highest BCUT2D eigenvalue weighted by Gasteiger charge is 2.37. The van der Waals surface area contributed by atoms with Crippen LogP contribution in [0.15, 0.2) is 24.3 Å². The van der Waals surface area contributed by atoms with Gasteiger partial charge in [-0.15, -0.1) is 0 Å². The normalized spacial score (nSPS) is 22.5. The fourth-order valence-corrected chi connectivity index (χ4v) is 4.73. The number of carbonyl (C=O) groups is 1. The van der Waals surface area contributed by atoms with E-state index in [1.165, 1.54) is 0 Å². The van der Waals surface area contributed by atoms with Gasteiger partial charge in [-0.1, -0.05) is 12.1 Å². The van der Waals surface area contributed by atoms with Crippen LogP contribution >= 0.6 is 7.37 Å². The Kier molecular flexibility index (Phi) is 8.41. The van der Waals surface area contributed by atoms with E-state index in [2.05, 4.69) is 5.32 Å². The number of carboxylic acid groups (broad SMARTS) is 1. The predicted octanol–water partition coefficient (Wildman–Crippen LogP) is 1.91. The van der Waals surface area contributed by atoms with Gasteiger partial charge in [-0.2, -0.15) is 0 Å². The summed E-state index contributed by atoms with van der Waals surface area (Å²) in [5.41, 5.74) is 1.15. The maximum Gasteiger partial charge on any atom is 0.335 e. The van der Waals surface area contributed by atoms with Crippen molar-refractivity contribution >= 4 is 13.3 Å². The maximum atomic E-state index is 12.6. The molecule has 3 N–H and O–H groups in total. The fraction of sp³-hybridized carbons (Fsp3) is 0.611. The third-order valence-corrected chi connectivity index (χ3v) is 6.12. The molecular formula is C18H28NO7P. The molecule has 1 unspecified atom stereocenters. The van der Waals surface area contributed by atoms with Gasteiger partial charge in [-0.25, -0.2) is 4.79 Å². The maximum absolute atomic E-state index is 12.6. The van der Waals surface area contributed by atoms with Crippen LogP contribution in [0.1, 0.15) is 29.8 Å². The Hall–Kier alpha value is -1.28. The zero-order valence-electron chi connectivity index (χ0n) is 15.7. The molecular weight excluding hydrogens is 373 g/mol. The standard InChI is InChI=1S/C18H28NO7P/c1-3-24-18(25-4-2)27(22,23)12-16-10-19-15(11-26-16)9-13-6-5-7-14(8-13)17(20)21/h5-8,15-16,18-19H,3-4,9-12H2,1-2H3,(H,20,21)(H,22,23)/t15-,16-/m1/s1. The van der Waals surface area contributed by atoms with Gasteiger partial charge >= 0.3 is 5.97 Å². The summed E-state index contributed by atoms with van der Waals surface area (Å²) < 4.78 is 28.9. The van der Waals surface area contributed by atoms with Crippen molar-refractivity contribution in [3.63, 3.8) is 0 Å². The highest BCUT2D eigenvalue weighted by molar-refractivity contribution is 7.58. The van der Waals surface area contributed by atoms with Crippen LogP contribution in [0.3, 0.4) is 0 Å². The van der Waals surface area contributed by atoms with E-state index in [0.29, 0.717) is 19.6 Å². The van der Waals surface area contributed by atoms with Crippen LogP contribution in [0, 0.1) is 0 Å². The van der Waals surface area contributed by atoms with Crippen molar-refractivity contribution < 1.29 is 33.6 Å². The van der Waals surface area contributed by atoms with Crippen molar-refractivity contribution in [1.29, 1.82) is 0 Å². The van der Waals surface area contributed by atoms with Crippen LogP contribution in [0.25, 0.3) is 0 Å². The van der Waals surface area contributed by atoms with Gasteiger partial charge in [0.1, 0.15) is 0 Å². The summed E-state index contributed by atoms with van der Waals surface area (Å²) >= 11 is 0. The SMILES string of the molecule is CCOC(OCC)P(=O)(O)C[C@H]1CN[C@H](Cc2cccc(C(=O)O)c2)CO1. The lowest BCUT2D eigenvalue weighted by atomic mass is 10.0. The lowest BCUT2D eigenvalue weighted by Crippen LogP contribution is -2.48. The number of benzene rings is 1. The van der Waals surface area contributed by atoms with Gasteiger partial charge in [-0.3, -0.25) is 4.57 Å². The third kappa shape index (κ3) is 6.68. The molecule has 1 aliphatic rings. The minimum Gasteiger partial charge on any atom is -0.478 e. The zero-order valence-corrected chi connectivity index (χ0v) is 16.6. The van der Waals surface area contributed by atoms with E-state index in [-0.39, 0.29) is 31.0 Å². The summed E-state index contributed by atoms with van der Waals surface area (Å²) in [7, 11) is -3.68. The van der Waals surface area contributed by atoms with Crippen LogP contribution < -0.4 is 5.32 Å². The molecule has 1 saturated heterocycles. The first-order valence-electron chi connectivity index (χ1n) is 9.07. The van der Waals surface area contributed by atoms with Gasteiger partial charge in [0.15, 0.2) is 0 Å². The molecule has 0 aliphatic carbocycles. The molecule has 0 radical (unpaired) electrons. The van der Waals surface area contributed by atoms with E-state index >= 15 is 0 Å². The predicted molar refractivity (Wildman–Crippen MR) is 100 cm³/mol. The number of carboxylic acids is 1. The van der Waals surface area contributed by atoms with Crippen molar-refractivity contribution in [3.8, 4) is 0 Å². The second-order valence-electron chi connectivity index (χ2n) is 6.43. The summed E-state index contributed by atoms with van der Waals surface area (Å²) in [5, 5.41) is 12.4. The van der Waals surface area contributed by atoms with Crippen molar-refractivity contribution in [3.05, 3.63) is 35.4 Å². The molecule has 1 aliphatic heterocycles. The monoisotopic (exact) mass is 401 g/mol. The van der Waals surface area contributed by atoms with E-state index in [1.807, 2.05) is 6.07 Å². The first-order chi connectivity index (χ1) is 12.9. The highest BCUT2D eigenvalue weighted by atomic mass is 31.2. The number of aromatic carboxylic acids is 1. The molecule has 9 heteroatoms. The highest BCUT2D eigenvalue weighted by Crippen LogP contribution is 2.48. The quantitative estimate of drug-likeness (QED) is 0.402. The Labute approximate surface area is 159 Å². The molecule has 1 heterocycles. The molecule has 27 heavy (non-hydrogen) atoms. The van der Waals surface area contributed by atoms with Crippen molar-refractivity contribution in [1.82, 2.24) is 5.32 Å². The second-order valence-corrected chi connectivity index (χ2v) is 8.72. The average Bonchev–Trinajstić information content (AvgIpc) is 2.63. The lowest BCUT2D eigenvalue weighted by Gasteiger charge is -2.32. The van der Waals surface area contributed by atoms with Crippen LogP contribution in [0.2, 0.25) is 0 Å². The van der Waals surface area contributed by atoms with E-state index in [1.54, 1.807) is 32.0 Å². The number of hydrogen-bond acceptors (Lipinski definition) is 6. The van der Waals surface area contributed by atoms with Crippen molar-refractivity contribution in [2.45, 2.75) is 38.4 Å². The summed E-state index contributed by atoms with van der Waals surface area (Å²) in [4.78, 5) is 21.4. The van der Waals surface area contributed by atoms with Crippen molar-refractivity contribution in [2.75, 3.05) is 32.5 Å². The second kappa shape index (κ2) is 10.3. The smallest absolute Gasteiger partial charge is 0.335 e. The number of rotatable bonds is 10. The molecule has 1 aromatic carbocycles. The minimum atomic E-state index is -3.68. The Morgan fingerprint density at radius 3 is 2.63 bits per heavy atom. The van der Waals surface area contributed by atoms with Crippen LogP contribution in [-0.4, -0.2) is 66.7 Å². The van der Waals surface area contributed by atoms with Gasteiger partial charge in [0, 0.05) is 25.8 Å². The van der Waals surface area contributed by atoms with E-state index < -0.39 is 25.5 Å². The van der Waals surface area contributed by atoms with E-state index in [4.69, 9.17) is 19.3 Å². The first-order valence-corrected chi connectivity index (χ1v) is 11.0. The molecule has 0 saturated carbocycles. The third-order valence-electron chi connectivity index (χ3n) is 4.24. The summed E-state index contributed by atoms with van der Waals surface area (Å²) in [6.45, 7) is 4.87. The number of morpholine rings is 1. The van der Waals surface area contributed by atoms with E-state index in [0.717, 1.165) is 5.56 Å². The Balaban J connectivity index is 1.86. The minimum absolute atomic E-state index is 0.0120. The Morgan fingerprint density at radius 2 is 2.07 bits per heavy atom. The summed E-state index contributed by atoms with van der Waals surface area (Å²) in [5.74, 6) is -0.957. The first kappa shape index (κ1) is 22.0. The van der Waals surface area contributed by atoms with Gasteiger partial charge in [-0.05, 0) is 38.0 Å². The molecule has 0 bridgehead atoms. The number of nitrogens with one attached hydrogen (secondary N) is 1. The van der Waals surface area contributed by atoms with Gasteiger partial charge in [0.05, 0.1) is 24.4 Å². The average molecular weight is 401 g/mol. The molecule has 0 aromatic heterocycles. The number of ether oxygens (including phenoxy) is 3. The largest absolute Gasteiger partial charge is 0.478 e. The molecule has 0 spiro atoms. The molecule has 0 amide bonds. The van der Waals surface area contributed by atoms with Crippen LogP contribution in [0.4, 0.5) is 0 Å². The molecule has 1 aromatic rings. The topological polar surface area (TPSA) is 114 Å². The molecule has 3 atom stereocenters. The fourth-order valence-electron chi connectivity index (χ4n) is 2.98. The summed E-state index contributed by atoms with van der Waals surface area (Å²) in [6.07, 6.45) is 0.155. The number of hydrogen-bond donors (Lipinski definition) is 3. The molecule has 2 rings (SSSR count). The van der Waals surface area contributed by atoms with Gasteiger partial charge < -0.3 is 29.5 Å². The van der Waals surface area contributed by atoms with Crippen molar-refractivity contribution in [2.24, 2.45) is 0 Å². The molecule has 1 fully saturated rings. The van der Waals surface area contributed by atoms with Gasteiger partial charge in [0.2, 0.25) is 6.03 Å². The van der Waals surface area contributed by atoms with Crippen LogP contribution in [0.5, 0.6) is 0 Å². The molecule has 152 valence electrons.